The van der Waals surface area contributed by atoms with Crippen LogP contribution in [0.4, 0.5) is 0 Å². The lowest BCUT2D eigenvalue weighted by atomic mass is 9.98. The summed E-state index contributed by atoms with van der Waals surface area (Å²) >= 11 is 0. The molecule has 0 bridgehead atoms. The zero-order valence-corrected chi connectivity index (χ0v) is 11.5. The number of aliphatic hydroxyl groups excluding tert-OH is 1. The Kier molecular flexibility index (Phi) is 3.84. The molecule has 0 aliphatic carbocycles. The van der Waals surface area contributed by atoms with Crippen LogP contribution in [-0.2, 0) is 6.54 Å². The molecule has 1 fully saturated rings. The fourth-order valence-corrected chi connectivity index (χ4v) is 2.76. The van der Waals surface area contributed by atoms with Crippen LogP contribution in [0.25, 0.3) is 11.6 Å². The predicted molar refractivity (Wildman–Crippen MR) is 71.7 cm³/mol. The van der Waals surface area contributed by atoms with E-state index in [0.29, 0.717) is 24.0 Å². The van der Waals surface area contributed by atoms with Crippen molar-refractivity contribution < 1.29 is 14.0 Å². The molecule has 0 saturated carbocycles. The number of rotatable bonds is 4. The van der Waals surface area contributed by atoms with Gasteiger partial charge in [0, 0.05) is 6.04 Å². The van der Waals surface area contributed by atoms with Gasteiger partial charge in [-0.05, 0) is 38.4 Å². The first-order chi connectivity index (χ1) is 9.74. The number of furan rings is 1. The van der Waals surface area contributed by atoms with Crippen molar-refractivity contribution in [2.45, 2.75) is 44.9 Å². The average Bonchev–Trinajstić information content (AvgIpc) is 3.09. The third kappa shape index (κ3) is 2.76. The lowest BCUT2D eigenvalue weighted by Gasteiger charge is -2.36. The van der Waals surface area contributed by atoms with Gasteiger partial charge in [0.25, 0.3) is 0 Å². The summed E-state index contributed by atoms with van der Waals surface area (Å²) in [6.07, 6.45) is 4.55. The van der Waals surface area contributed by atoms with Gasteiger partial charge in [-0.1, -0.05) is 11.6 Å². The highest BCUT2D eigenvalue weighted by Gasteiger charge is 2.27. The molecule has 6 heteroatoms. The van der Waals surface area contributed by atoms with Crippen molar-refractivity contribution >= 4 is 0 Å². The van der Waals surface area contributed by atoms with Gasteiger partial charge in [0.15, 0.2) is 5.76 Å². The molecule has 1 N–H and O–H groups in total. The van der Waals surface area contributed by atoms with Crippen LogP contribution < -0.4 is 0 Å². The Morgan fingerprint density at radius 2 is 2.40 bits per heavy atom. The summed E-state index contributed by atoms with van der Waals surface area (Å²) in [5.41, 5.74) is 0. The summed E-state index contributed by atoms with van der Waals surface area (Å²) in [5, 5.41) is 13.8. The Balaban J connectivity index is 1.71. The van der Waals surface area contributed by atoms with Crippen molar-refractivity contribution in [3.63, 3.8) is 0 Å². The number of hydrogen-bond acceptors (Lipinski definition) is 6. The largest absolute Gasteiger partial charge is 0.461 e. The third-order valence-corrected chi connectivity index (χ3v) is 3.77. The van der Waals surface area contributed by atoms with E-state index < -0.39 is 0 Å². The molecule has 2 aromatic rings. The minimum Gasteiger partial charge on any atom is -0.461 e. The smallest absolute Gasteiger partial charge is 0.241 e. The van der Waals surface area contributed by atoms with E-state index in [4.69, 9.17) is 8.94 Å². The van der Waals surface area contributed by atoms with E-state index >= 15 is 0 Å². The van der Waals surface area contributed by atoms with E-state index in [2.05, 4.69) is 15.0 Å². The summed E-state index contributed by atoms with van der Waals surface area (Å²) in [6, 6.07) is 3.76. The first kappa shape index (κ1) is 13.3. The molecule has 0 spiro atoms. The monoisotopic (exact) mass is 277 g/mol. The fourth-order valence-electron chi connectivity index (χ4n) is 2.76. The zero-order chi connectivity index (χ0) is 13.9. The number of piperidine rings is 1. The van der Waals surface area contributed by atoms with Gasteiger partial charge in [0.1, 0.15) is 0 Å². The quantitative estimate of drug-likeness (QED) is 0.922. The maximum atomic E-state index is 9.86. The maximum Gasteiger partial charge on any atom is 0.241 e. The average molecular weight is 277 g/mol. The van der Waals surface area contributed by atoms with Gasteiger partial charge < -0.3 is 14.0 Å². The molecule has 20 heavy (non-hydrogen) atoms. The van der Waals surface area contributed by atoms with Crippen LogP contribution in [0.5, 0.6) is 0 Å². The molecule has 3 heterocycles. The van der Waals surface area contributed by atoms with Gasteiger partial charge >= 0.3 is 0 Å². The van der Waals surface area contributed by atoms with Crippen molar-refractivity contribution in [3.8, 4) is 11.6 Å². The lowest BCUT2D eigenvalue weighted by Crippen LogP contribution is -2.45. The lowest BCUT2D eigenvalue weighted by molar-refractivity contribution is 0.0260. The minimum atomic E-state index is -0.345. The topological polar surface area (TPSA) is 75.5 Å². The van der Waals surface area contributed by atoms with Gasteiger partial charge in [0.2, 0.25) is 11.7 Å². The van der Waals surface area contributed by atoms with Gasteiger partial charge in [-0.2, -0.15) is 4.98 Å². The molecular weight excluding hydrogens is 258 g/mol. The van der Waals surface area contributed by atoms with Crippen molar-refractivity contribution in [1.82, 2.24) is 15.0 Å². The molecule has 3 rings (SSSR count). The molecule has 1 aliphatic heterocycles. The first-order valence-electron chi connectivity index (χ1n) is 7.02. The van der Waals surface area contributed by atoms with E-state index in [1.165, 1.54) is 0 Å². The maximum absolute atomic E-state index is 9.86. The Morgan fingerprint density at radius 3 is 3.15 bits per heavy atom. The standard InChI is InChI=1S/C14H19N3O3/c1-10(18)11-5-2-3-7-17(11)9-13-15-14(16-20-13)12-6-4-8-19-12/h4,6,8,10-11,18H,2-3,5,7,9H2,1H3. The van der Waals surface area contributed by atoms with Gasteiger partial charge in [0.05, 0.1) is 18.9 Å². The second kappa shape index (κ2) is 5.76. The summed E-state index contributed by atoms with van der Waals surface area (Å²) in [5.74, 6) is 1.63. The van der Waals surface area contributed by atoms with Gasteiger partial charge in [-0.15, -0.1) is 0 Å². The zero-order valence-electron chi connectivity index (χ0n) is 11.5. The van der Waals surface area contributed by atoms with Crippen LogP contribution in [0.2, 0.25) is 0 Å². The molecule has 1 aliphatic rings. The molecule has 0 amide bonds. The van der Waals surface area contributed by atoms with E-state index in [-0.39, 0.29) is 12.1 Å². The normalized spacial score (nSPS) is 22.0. The summed E-state index contributed by atoms with van der Waals surface area (Å²) < 4.78 is 10.5. The third-order valence-electron chi connectivity index (χ3n) is 3.77. The summed E-state index contributed by atoms with van der Waals surface area (Å²) in [4.78, 5) is 6.56. The number of aliphatic hydroxyl groups is 1. The van der Waals surface area contributed by atoms with Crippen LogP contribution in [0.15, 0.2) is 27.3 Å². The first-order valence-corrected chi connectivity index (χ1v) is 7.02. The Hall–Kier alpha value is -1.66. The van der Waals surface area contributed by atoms with Gasteiger partial charge in [-0.3, -0.25) is 4.90 Å². The Morgan fingerprint density at radius 1 is 1.50 bits per heavy atom. The second-order valence-electron chi connectivity index (χ2n) is 5.26. The molecular formula is C14H19N3O3. The number of aromatic nitrogens is 2. The fraction of sp³-hybridized carbons (Fsp3) is 0.571. The van der Waals surface area contributed by atoms with Crippen molar-refractivity contribution in [2.75, 3.05) is 6.54 Å². The van der Waals surface area contributed by atoms with Gasteiger partial charge in [-0.25, -0.2) is 0 Å². The van der Waals surface area contributed by atoms with Crippen LogP contribution in [-0.4, -0.2) is 38.8 Å². The number of likely N-dealkylation sites (tertiary alicyclic amines) is 1. The van der Waals surface area contributed by atoms with Crippen LogP contribution in [0.3, 0.4) is 0 Å². The molecule has 2 aromatic heterocycles. The van der Waals surface area contributed by atoms with Crippen molar-refractivity contribution in [1.29, 1.82) is 0 Å². The Bertz CT molecular complexity index is 536. The molecule has 0 radical (unpaired) electrons. The van der Waals surface area contributed by atoms with E-state index in [0.717, 1.165) is 25.8 Å². The minimum absolute atomic E-state index is 0.169. The predicted octanol–water partition coefficient (Wildman–Crippen LogP) is 2.06. The van der Waals surface area contributed by atoms with Crippen LogP contribution >= 0.6 is 0 Å². The molecule has 2 atom stereocenters. The van der Waals surface area contributed by atoms with E-state index in [9.17, 15) is 5.11 Å². The number of hydrogen-bond donors (Lipinski definition) is 1. The van der Waals surface area contributed by atoms with E-state index in [1.54, 1.807) is 18.4 Å². The molecule has 108 valence electrons. The van der Waals surface area contributed by atoms with E-state index in [1.807, 2.05) is 6.92 Å². The summed E-state index contributed by atoms with van der Waals surface area (Å²) in [7, 11) is 0. The van der Waals surface area contributed by atoms with Crippen molar-refractivity contribution in [3.05, 3.63) is 24.3 Å². The highest BCUT2D eigenvalue weighted by molar-refractivity contribution is 5.44. The highest BCUT2D eigenvalue weighted by atomic mass is 16.5. The number of nitrogens with zero attached hydrogens (tertiary/aromatic N) is 3. The van der Waals surface area contributed by atoms with Crippen LogP contribution in [0, 0.1) is 0 Å². The van der Waals surface area contributed by atoms with Crippen molar-refractivity contribution in [2.24, 2.45) is 0 Å². The molecule has 6 nitrogen and oxygen atoms in total. The molecule has 2 unspecified atom stereocenters. The summed E-state index contributed by atoms with van der Waals surface area (Å²) in [6.45, 7) is 3.36. The molecule has 1 saturated heterocycles. The Labute approximate surface area is 117 Å². The van der Waals surface area contributed by atoms with Crippen LogP contribution in [0.1, 0.15) is 32.1 Å². The molecule has 0 aromatic carbocycles. The highest BCUT2D eigenvalue weighted by Crippen LogP contribution is 2.22. The SMILES string of the molecule is CC(O)C1CCCCN1Cc1nc(-c2ccco2)no1. The second-order valence-corrected chi connectivity index (χ2v) is 5.26.